The molecule has 1 heterocycles. The third kappa shape index (κ3) is 2.16. The van der Waals surface area contributed by atoms with Gasteiger partial charge in [-0.1, -0.05) is 20.8 Å². The fraction of sp³-hybridized carbons (Fsp3) is 0.800. The maximum Gasteiger partial charge on any atom is 0.278 e. The molecule has 0 N–H and O–H groups in total. The maximum atomic E-state index is 5.45. The maximum absolute atomic E-state index is 5.45. The summed E-state index contributed by atoms with van der Waals surface area (Å²) in [5.74, 6) is 1.32. The zero-order valence-corrected chi connectivity index (χ0v) is 8.22. The molecule has 0 aromatic heterocycles. The van der Waals surface area contributed by atoms with Gasteiger partial charge in [0.05, 0.1) is 13.2 Å². The molecule has 0 aromatic rings. The van der Waals surface area contributed by atoms with Crippen molar-refractivity contribution in [2.75, 3.05) is 13.2 Å². The highest BCUT2D eigenvalue weighted by atomic mass is 16.7. The fourth-order valence-corrected chi connectivity index (χ4v) is 1.40. The lowest BCUT2D eigenvalue weighted by Crippen LogP contribution is -2.14. The minimum atomic E-state index is 0.531. The molecule has 0 radical (unpaired) electrons. The molecule has 0 amide bonds. The van der Waals surface area contributed by atoms with E-state index in [1.165, 1.54) is 5.57 Å². The molecule has 70 valence electrons. The standard InChI is InChI=1S/C10H18O2/c1-4-9(8(2)3)10-11-6-5-7-12-10/h8H,4-7H2,1-3H3. The second-order valence-corrected chi connectivity index (χ2v) is 3.37. The minimum absolute atomic E-state index is 0.531. The van der Waals surface area contributed by atoms with Crippen LogP contribution in [0.15, 0.2) is 11.5 Å². The summed E-state index contributed by atoms with van der Waals surface area (Å²) >= 11 is 0. The first kappa shape index (κ1) is 9.43. The van der Waals surface area contributed by atoms with Gasteiger partial charge in [-0.25, -0.2) is 0 Å². The van der Waals surface area contributed by atoms with Gasteiger partial charge in [-0.15, -0.1) is 0 Å². The summed E-state index contributed by atoms with van der Waals surface area (Å²) < 4.78 is 10.9. The van der Waals surface area contributed by atoms with Crippen LogP contribution in [0.5, 0.6) is 0 Å². The summed E-state index contributed by atoms with van der Waals surface area (Å²) in [7, 11) is 0. The molecule has 12 heavy (non-hydrogen) atoms. The quantitative estimate of drug-likeness (QED) is 0.634. The summed E-state index contributed by atoms with van der Waals surface area (Å²) in [4.78, 5) is 0. The van der Waals surface area contributed by atoms with Gasteiger partial charge in [0.25, 0.3) is 5.95 Å². The zero-order valence-electron chi connectivity index (χ0n) is 8.22. The summed E-state index contributed by atoms with van der Waals surface area (Å²) in [6.07, 6.45) is 2.03. The molecule has 0 atom stereocenters. The molecule has 0 aromatic carbocycles. The molecule has 1 saturated heterocycles. The Morgan fingerprint density at radius 3 is 2.33 bits per heavy atom. The predicted octanol–water partition coefficient (Wildman–Crippen LogP) is 2.70. The molecule has 0 aliphatic carbocycles. The molecule has 0 spiro atoms. The Labute approximate surface area is 74.6 Å². The Morgan fingerprint density at radius 1 is 1.33 bits per heavy atom. The smallest absolute Gasteiger partial charge is 0.278 e. The van der Waals surface area contributed by atoms with Crippen molar-refractivity contribution in [1.29, 1.82) is 0 Å². The molecule has 1 fully saturated rings. The van der Waals surface area contributed by atoms with Gasteiger partial charge in [-0.3, -0.25) is 0 Å². The Bertz CT molecular complexity index is 163. The van der Waals surface area contributed by atoms with E-state index in [9.17, 15) is 0 Å². The molecule has 1 aliphatic rings. The number of rotatable bonds is 2. The lowest BCUT2D eigenvalue weighted by Gasteiger charge is -2.22. The number of hydrogen-bond donors (Lipinski definition) is 0. The second kappa shape index (κ2) is 4.39. The molecule has 1 aliphatic heterocycles. The summed E-state index contributed by atoms with van der Waals surface area (Å²) in [5, 5.41) is 0. The van der Waals surface area contributed by atoms with Crippen LogP contribution in [0.1, 0.15) is 33.6 Å². The van der Waals surface area contributed by atoms with Crippen molar-refractivity contribution in [2.45, 2.75) is 33.6 Å². The van der Waals surface area contributed by atoms with Gasteiger partial charge in [0, 0.05) is 12.0 Å². The molecule has 2 nitrogen and oxygen atoms in total. The normalized spacial score (nSPS) is 17.2. The van der Waals surface area contributed by atoms with Crippen LogP contribution in [0.4, 0.5) is 0 Å². The molecule has 2 heteroatoms. The van der Waals surface area contributed by atoms with Crippen molar-refractivity contribution in [1.82, 2.24) is 0 Å². The summed E-state index contributed by atoms with van der Waals surface area (Å²) in [5.41, 5.74) is 1.30. The van der Waals surface area contributed by atoms with Crippen molar-refractivity contribution in [3.63, 3.8) is 0 Å². The van der Waals surface area contributed by atoms with Crippen LogP contribution < -0.4 is 0 Å². The van der Waals surface area contributed by atoms with Gasteiger partial charge < -0.3 is 9.47 Å². The van der Waals surface area contributed by atoms with Crippen LogP contribution in [0.25, 0.3) is 0 Å². The molecular formula is C10H18O2. The fourth-order valence-electron chi connectivity index (χ4n) is 1.40. The average Bonchev–Trinajstić information content (AvgIpc) is 2.07. The highest BCUT2D eigenvalue weighted by molar-refractivity contribution is 5.06. The van der Waals surface area contributed by atoms with Crippen LogP contribution in [0, 0.1) is 5.92 Å². The van der Waals surface area contributed by atoms with Crippen molar-refractivity contribution >= 4 is 0 Å². The van der Waals surface area contributed by atoms with Crippen LogP contribution in [-0.2, 0) is 9.47 Å². The van der Waals surface area contributed by atoms with E-state index in [2.05, 4.69) is 20.8 Å². The summed E-state index contributed by atoms with van der Waals surface area (Å²) in [6, 6.07) is 0. The monoisotopic (exact) mass is 170 g/mol. The van der Waals surface area contributed by atoms with E-state index in [1.54, 1.807) is 0 Å². The number of allylic oxidation sites excluding steroid dienone is 1. The minimum Gasteiger partial charge on any atom is -0.465 e. The highest BCUT2D eigenvalue weighted by Crippen LogP contribution is 2.22. The van der Waals surface area contributed by atoms with E-state index < -0.39 is 0 Å². The zero-order chi connectivity index (χ0) is 8.97. The van der Waals surface area contributed by atoms with Gasteiger partial charge in [0.2, 0.25) is 0 Å². The molecule has 1 rings (SSSR count). The first-order valence-electron chi connectivity index (χ1n) is 4.74. The molecule has 0 bridgehead atoms. The lowest BCUT2D eigenvalue weighted by atomic mass is 10.0. The summed E-state index contributed by atoms with van der Waals surface area (Å²) in [6.45, 7) is 8.11. The Kier molecular flexibility index (Phi) is 3.45. The Balaban J connectivity index is 2.68. The Hall–Kier alpha value is -0.660. The van der Waals surface area contributed by atoms with Gasteiger partial charge in [0.15, 0.2) is 0 Å². The number of hydrogen-bond acceptors (Lipinski definition) is 2. The topological polar surface area (TPSA) is 18.5 Å². The van der Waals surface area contributed by atoms with E-state index >= 15 is 0 Å². The molecule has 0 unspecified atom stereocenters. The third-order valence-electron chi connectivity index (χ3n) is 2.10. The van der Waals surface area contributed by atoms with Crippen LogP contribution >= 0.6 is 0 Å². The van der Waals surface area contributed by atoms with E-state index in [0.717, 1.165) is 32.0 Å². The van der Waals surface area contributed by atoms with Crippen molar-refractivity contribution in [3.05, 3.63) is 11.5 Å². The van der Waals surface area contributed by atoms with Crippen molar-refractivity contribution in [3.8, 4) is 0 Å². The average molecular weight is 170 g/mol. The molecule has 0 saturated carbocycles. The van der Waals surface area contributed by atoms with Gasteiger partial charge in [-0.05, 0) is 12.3 Å². The van der Waals surface area contributed by atoms with Crippen LogP contribution in [0.3, 0.4) is 0 Å². The van der Waals surface area contributed by atoms with E-state index in [4.69, 9.17) is 9.47 Å². The first-order valence-corrected chi connectivity index (χ1v) is 4.74. The highest BCUT2D eigenvalue weighted by Gasteiger charge is 2.14. The Morgan fingerprint density at radius 2 is 1.92 bits per heavy atom. The van der Waals surface area contributed by atoms with Gasteiger partial charge >= 0.3 is 0 Å². The molecular weight excluding hydrogens is 152 g/mol. The van der Waals surface area contributed by atoms with Gasteiger partial charge in [0.1, 0.15) is 0 Å². The second-order valence-electron chi connectivity index (χ2n) is 3.37. The predicted molar refractivity (Wildman–Crippen MR) is 48.7 cm³/mol. The van der Waals surface area contributed by atoms with Crippen LogP contribution in [-0.4, -0.2) is 13.2 Å². The van der Waals surface area contributed by atoms with Crippen molar-refractivity contribution < 1.29 is 9.47 Å². The lowest BCUT2D eigenvalue weighted by molar-refractivity contribution is -0.0193. The SMILES string of the molecule is CCC(=C1OCCCO1)C(C)C. The van der Waals surface area contributed by atoms with E-state index in [0.29, 0.717) is 5.92 Å². The third-order valence-corrected chi connectivity index (χ3v) is 2.10. The first-order chi connectivity index (χ1) is 5.75. The van der Waals surface area contributed by atoms with Crippen LogP contribution in [0.2, 0.25) is 0 Å². The van der Waals surface area contributed by atoms with E-state index in [-0.39, 0.29) is 0 Å². The number of ether oxygens (including phenoxy) is 2. The largest absolute Gasteiger partial charge is 0.465 e. The van der Waals surface area contributed by atoms with Gasteiger partial charge in [-0.2, -0.15) is 0 Å². The van der Waals surface area contributed by atoms with Crippen molar-refractivity contribution in [2.24, 2.45) is 5.92 Å². The van der Waals surface area contributed by atoms with E-state index in [1.807, 2.05) is 0 Å².